The topological polar surface area (TPSA) is 51.2 Å². The van der Waals surface area contributed by atoms with Gasteiger partial charge in [0, 0.05) is 52.3 Å². The standard InChI is InChI=1S/C33H32FNO4/c1-21-29(20-36)27-14-15-33(23-8-12-25(37-2)13-9-23,22-6-10-24(11-7-22)35-16-4-5-17-35)39-32(27)28-18-26(38-3)19-30(34)31(21)28/h6-15,18-19,36H,4-5,16-17,20H2,1-3H3. The van der Waals surface area contributed by atoms with E-state index in [4.69, 9.17) is 14.2 Å². The summed E-state index contributed by atoms with van der Waals surface area (Å²) < 4.78 is 33.3. The van der Waals surface area contributed by atoms with Crippen LogP contribution in [0.2, 0.25) is 0 Å². The summed E-state index contributed by atoms with van der Waals surface area (Å²) in [4.78, 5) is 2.40. The van der Waals surface area contributed by atoms with Gasteiger partial charge in [0.25, 0.3) is 0 Å². The van der Waals surface area contributed by atoms with Gasteiger partial charge in [-0.25, -0.2) is 4.39 Å². The van der Waals surface area contributed by atoms with Crippen LogP contribution in [-0.2, 0) is 12.2 Å². The Balaban J connectivity index is 1.58. The Morgan fingerprint density at radius 1 is 0.923 bits per heavy atom. The number of benzene rings is 4. The summed E-state index contributed by atoms with van der Waals surface area (Å²) in [5.41, 5.74) is 4.13. The first-order valence-corrected chi connectivity index (χ1v) is 13.3. The summed E-state index contributed by atoms with van der Waals surface area (Å²) in [5, 5.41) is 11.3. The van der Waals surface area contributed by atoms with Crippen LogP contribution in [0.4, 0.5) is 10.1 Å². The summed E-state index contributed by atoms with van der Waals surface area (Å²) >= 11 is 0. The highest BCUT2D eigenvalue weighted by atomic mass is 19.1. The molecule has 0 saturated carbocycles. The van der Waals surface area contributed by atoms with Crippen molar-refractivity contribution in [1.29, 1.82) is 0 Å². The van der Waals surface area contributed by atoms with Crippen molar-refractivity contribution in [3.63, 3.8) is 0 Å². The van der Waals surface area contributed by atoms with Crippen LogP contribution >= 0.6 is 0 Å². The number of hydrogen-bond acceptors (Lipinski definition) is 5. The molecule has 1 fully saturated rings. The SMILES string of the molecule is COc1ccc(C2(c3ccc(N4CCCC4)cc3)C=Cc3c(CO)c(C)c4c(F)cc(OC)cc4c3O2)cc1. The number of halogens is 1. The number of ether oxygens (including phenoxy) is 3. The second kappa shape index (κ2) is 9.93. The van der Waals surface area contributed by atoms with Crippen molar-refractivity contribution in [1.82, 2.24) is 0 Å². The normalized spacial score (nSPS) is 18.2. The van der Waals surface area contributed by atoms with Gasteiger partial charge in [-0.3, -0.25) is 0 Å². The van der Waals surface area contributed by atoms with E-state index >= 15 is 4.39 Å². The highest BCUT2D eigenvalue weighted by Crippen LogP contribution is 2.49. The van der Waals surface area contributed by atoms with Gasteiger partial charge in [0.2, 0.25) is 0 Å². The largest absolute Gasteiger partial charge is 0.497 e. The highest BCUT2D eigenvalue weighted by molar-refractivity contribution is 5.98. The van der Waals surface area contributed by atoms with Crippen LogP contribution in [0.25, 0.3) is 16.8 Å². The molecule has 4 aromatic rings. The zero-order chi connectivity index (χ0) is 27.1. The number of hydrogen-bond donors (Lipinski definition) is 1. The van der Waals surface area contributed by atoms with Gasteiger partial charge in [-0.15, -0.1) is 0 Å². The number of aryl methyl sites for hydroxylation is 1. The van der Waals surface area contributed by atoms with Crippen molar-refractivity contribution in [2.75, 3.05) is 32.2 Å². The molecule has 2 aliphatic heterocycles. The van der Waals surface area contributed by atoms with Gasteiger partial charge in [-0.2, -0.15) is 0 Å². The van der Waals surface area contributed by atoms with Crippen LogP contribution in [-0.4, -0.2) is 32.4 Å². The summed E-state index contributed by atoms with van der Waals surface area (Å²) in [6.07, 6.45) is 6.44. The van der Waals surface area contributed by atoms with E-state index in [1.165, 1.54) is 31.7 Å². The molecule has 39 heavy (non-hydrogen) atoms. The van der Waals surface area contributed by atoms with E-state index in [9.17, 15) is 5.11 Å². The maximum Gasteiger partial charge on any atom is 0.178 e. The first kappa shape index (κ1) is 25.3. The van der Waals surface area contributed by atoms with E-state index in [-0.39, 0.29) is 6.61 Å². The van der Waals surface area contributed by atoms with Gasteiger partial charge >= 0.3 is 0 Å². The zero-order valence-corrected chi connectivity index (χ0v) is 22.5. The monoisotopic (exact) mass is 525 g/mol. The number of fused-ring (bicyclic) bond motifs is 3. The Morgan fingerprint density at radius 3 is 2.18 bits per heavy atom. The molecular weight excluding hydrogens is 493 g/mol. The smallest absolute Gasteiger partial charge is 0.178 e. The van der Waals surface area contributed by atoms with Crippen LogP contribution in [0, 0.1) is 12.7 Å². The highest BCUT2D eigenvalue weighted by Gasteiger charge is 2.39. The third kappa shape index (κ3) is 4.10. The lowest BCUT2D eigenvalue weighted by Gasteiger charge is -2.38. The second-order valence-corrected chi connectivity index (χ2v) is 10.2. The van der Waals surface area contributed by atoms with Gasteiger partial charge in [0.15, 0.2) is 5.60 Å². The molecule has 0 bridgehead atoms. The van der Waals surface area contributed by atoms with Crippen LogP contribution < -0.4 is 19.1 Å². The molecule has 5 nitrogen and oxygen atoms in total. The average Bonchev–Trinajstić information content (AvgIpc) is 3.52. The van der Waals surface area contributed by atoms with Crippen LogP contribution in [0.1, 0.15) is 40.7 Å². The van der Waals surface area contributed by atoms with Crippen LogP contribution in [0.3, 0.4) is 0 Å². The van der Waals surface area contributed by atoms with E-state index in [0.29, 0.717) is 33.4 Å². The number of nitrogens with zero attached hydrogens (tertiary/aromatic N) is 1. The van der Waals surface area contributed by atoms with E-state index in [1.54, 1.807) is 13.2 Å². The summed E-state index contributed by atoms with van der Waals surface area (Å²) in [7, 11) is 3.16. The van der Waals surface area contributed by atoms with E-state index < -0.39 is 11.4 Å². The van der Waals surface area contributed by atoms with Crippen molar-refractivity contribution < 1.29 is 23.7 Å². The van der Waals surface area contributed by atoms with E-state index in [2.05, 4.69) is 29.2 Å². The minimum absolute atomic E-state index is 0.233. The predicted octanol–water partition coefficient (Wildman–Crippen LogP) is 6.75. The molecule has 1 N–H and O–H groups in total. The third-order valence-electron chi connectivity index (χ3n) is 8.13. The van der Waals surface area contributed by atoms with Gasteiger partial charge in [-0.05, 0) is 67.3 Å². The maximum absolute atomic E-state index is 15.4. The first-order valence-electron chi connectivity index (χ1n) is 13.3. The molecule has 1 unspecified atom stereocenters. The molecule has 2 heterocycles. The first-order chi connectivity index (χ1) is 19.0. The molecule has 1 atom stereocenters. The molecule has 0 radical (unpaired) electrons. The van der Waals surface area contributed by atoms with Gasteiger partial charge in [0.1, 0.15) is 23.1 Å². The van der Waals surface area contributed by atoms with Crippen molar-refractivity contribution in [2.45, 2.75) is 32.0 Å². The Morgan fingerprint density at radius 2 is 1.56 bits per heavy atom. The number of aliphatic hydroxyl groups is 1. The fraction of sp³-hybridized carbons (Fsp3) is 0.273. The molecule has 6 heteroatoms. The molecule has 0 amide bonds. The maximum atomic E-state index is 15.4. The Kier molecular flexibility index (Phi) is 6.43. The van der Waals surface area contributed by atoms with Crippen molar-refractivity contribution >= 4 is 22.5 Å². The van der Waals surface area contributed by atoms with Crippen molar-refractivity contribution in [3.05, 3.63) is 100 Å². The summed E-state index contributed by atoms with van der Waals surface area (Å²) in [6, 6.07) is 19.5. The molecule has 200 valence electrons. The molecule has 2 aliphatic rings. The van der Waals surface area contributed by atoms with E-state index in [1.807, 2.05) is 43.3 Å². The van der Waals surface area contributed by atoms with Crippen LogP contribution in [0.15, 0.2) is 66.7 Å². The fourth-order valence-electron chi connectivity index (χ4n) is 5.99. The third-order valence-corrected chi connectivity index (χ3v) is 8.13. The Hall–Kier alpha value is -4.03. The minimum Gasteiger partial charge on any atom is -0.497 e. The van der Waals surface area contributed by atoms with Gasteiger partial charge in [0.05, 0.1) is 20.8 Å². The molecule has 0 spiro atoms. The summed E-state index contributed by atoms with van der Waals surface area (Å²) in [6.45, 7) is 3.73. The molecule has 0 aliphatic carbocycles. The lowest BCUT2D eigenvalue weighted by molar-refractivity contribution is 0.162. The zero-order valence-electron chi connectivity index (χ0n) is 22.5. The van der Waals surface area contributed by atoms with E-state index in [0.717, 1.165) is 35.5 Å². The molecule has 6 rings (SSSR count). The summed E-state index contributed by atoms with van der Waals surface area (Å²) in [5.74, 6) is 1.25. The number of anilines is 1. The van der Waals surface area contributed by atoms with Crippen molar-refractivity contribution in [3.8, 4) is 17.2 Å². The Labute approximate surface area is 228 Å². The molecule has 0 aromatic heterocycles. The molecule has 4 aromatic carbocycles. The van der Waals surface area contributed by atoms with Gasteiger partial charge in [-0.1, -0.05) is 30.3 Å². The quantitative estimate of drug-likeness (QED) is 0.302. The minimum atomic E-state index is -0.989. The van der Waals surface area contributed by atoms with Gasteiger partial charge < -0.3 is 24.2 Å². The average molecular weight is 526 g/mol. The Bertz CT molecular complexity index is 1560. The number of methoxy groups -OCH3 is 2. The lowest BCUT2D eigenvalue weighted by Crippen LogP contribution is -2.34. The fourth-order valence-corrected chi connectivity index (χ4v) is 5.99. The van der Waals surface area contributed by atoms with Crippen molar-refractivity contribution in [2.24, 2.45) is 0 Å². The number of rotatable bonds is 6. The molecular formula is C33H32FNO4. The second-order valence-electron chi connectivity index (χ2n) is 10.2. The lowest BCUT2D eigenvalue weighted by atomic mass is 9.82. The van der Waals surface area contributed by atoms with Crippen LogP contribution in [0.5, 0.6) is 17.2 Å². The predicted molar refractivity (Wildman–Crippen MR) is 152 cm³/mol. The molecule has 1 saturated heterocycles. The number of aliphatic hydroxyl groups excluding tert-OH is 1.